The van der Waals surface area contributed by atoms with Crippen molar-refractivity contribution >= 4 is 27.3 Å². The van der Waals surface area contributed by atoms with Crippen molar-refractivity contribution in [2.75, 3.05) is 17.1 Å². The maximum atomic E-state index is 12.7. The van der Waals surface area contributed by atoms with Gasteiger partial charge in [-0.05, 0) is 48.4 Å². The molecule has 0 heterocycles. The third-order valence-electron chi connectivity index (χ3n) is 3.38. The number of benzene rings is 2. The van der Waals surface area contributed by atoms with E-state index in [9.17, 15) is 13.2 Å². The normalized spacial score (nSPS) is 11.0. The molecule has 0 aliphatic rings. The summed E-state index contributed by atoms with van der Waals surface area (Å²) in [7, 11) is -2.35. The van der Waals surface area contributed by atoms with Gasteiger partial charge in [-0.2, -0.15) is 0 Å². The monoisotopic (exact) mass is 348 g/mol. The lowest BCUT2D eigenvalue weighted by molar-refractivity contribution is -0.114. The molecule has 0 bridgehead atoms. The number of carbonyl (C=O) groups excluding carboxylic acids is 1. The summed E-state index contributed by atoms with van der Waals surface area (Å²) in [4.78, 5) is 11.1. The first-order chi connectivity index (χ1) is 11.4. The minimum Gasteiger partial charge on any atom is -0.495 e. The summed E-state index contributed by atoms with van der Waals surface area (Å²) < 4.78 is 33.0. The lowest BCUT2D eigenvalue weighted by atomic mass is 10.2. The standard InChI is InChI=1S/C17H20N2O4S/c1-4-13-5-10-16(23-3)17(11-13)24(21,22)19-15-8-6-14(7-9-15)18-12(2)20/h5-11,19H,4H2,1-3H3,(H,18,20). The number of hydrogen-bond acceptors (Lipinski definition) is 4. The van der Waals surface area contributed by atoms with E-state index in [1.807, 2.05) is 13.0 Å². The quantitative estimate of drug-likeness (QED) is 0.840. The maximum absolute atomic E-state index is 12.7. The molecule has 0 aliphatic heterocycles. The molecule has 0 fully saturated rings. The lowest BCUT2D eigenvalue weighted by Gasteiger charge is -2.13. The number of aryl methyl sites for hydroxylation is 1. The number of sulfonamides is 1. The Morgan fingerprint density at radius 2 is 1.71 bits per heavy atom. The molecule has 2 aromatic rings. The van der Waals surface area contributed by atoms with Crippen LogP contribution in [0.5, 0.6) is 5.75 Å². The minimum absolute atomic E-state index is 0.0929. The molecule has 2 rings (SSSR count). The molecule has 0 aliphatic carbocycles. The molecule has 0 atom stereocenters. The maximum Gasteiger partial charge on any atom is 0.265 e. The second kappa shape index (κ2) is 7.35. The second-order valence-electron chi connectivity index (χ2n) is 5.20. The molecule has 24 heavy (non-hydrogen) atoms. The van der Waals surface area contributed by atoms with Crippen LogP contribution in [0.25, 0.3) is 0 Å². The molecule has 0 aromatic heterocycles. The van der Waals surface area contributed by atoms with Crippen molar-refractivity contribution < 1.29 is 17.9 Å². The summed E-state index contributed by atoms with van der Waals surface area (Å²) in [6.07, 6.45) is 0.720. The summed E-state index contributed by atoms with van der Waals surface area (Å²) in [6, 6.07) is 11.5. The molecule has 128 valence electrons. The van der Waals surface area contributed by atoms with E-state index in [2.05, 4.69) is 10.0 Å². The van der Waals surface area contributed by atoms with Crippen molar-refractivity contribution in [2.45, 2.75) is 25.2 Å². The average Bonchev–Trinajstić information content (AvgIpc) is 2.55. The fourth-order valence-corrected chi connectivity index (χ4v) is 3.47. The third kappa shape index (κ3) is 4.26. The van der Waals surface area contributed by atoms with Gasteiger partial charge in [0.1, 0.15) is 10.6 Å². The van der Waals surface area contributed by atoms with Crippen LogP contribution < -0.4 is 14.8 Å². The van der Waals surface area contributed by atoms with Gasteiger partial charge in [0.15, 0.2) is 0 Å². The zero-order chi connectivity index (χ0) is 17.7. The smallest absolute Gasteiger partial charge is 0.265 e. The van der Waals surface area contributed by atoms with Gasteiger partial charge in [-0.3, -0.25) is 9.52 Å². The Kier molecular flexibility index (Phi) is 5.46. The molecule has 1 amide bonds. The predicted molar refractivity (Wildman–Crippen MR) is 93.9 cm³/mol. The lowest BCUT2D eigenvalue weighted by Crippen LogP contribution is -2.14. The number of anilines is 2. The van der Waals surface area contributed by atoms with Gasteiger partial charge in [0, 0.05) is 18.3 Å². The topological polar surface area (TPSA) is 84.5 Å². The molecule has 6 nitrogen and oxygen atoms in total. The van der Waals surface area contributed by atoms with Crippen LogP contribution in [0, 0.1) is 0 Å². The van der Waals surface area contributed by atoms with Crippen LogP contribution in [0.15, 0.2) is 47.4 Å². The summed E-state index contributed by atoms with van der Waals surface area (Å²) >= 11 is 0. The third-order valence-corrected chi connectivity index (χ3v) is 4.79. The van der Waals surface area contributed by atoms with E-state index in [4.69, 9.17) is 4.74 Å². The number of ether oxygens (including phenoxy) is 1. The van der Waals surface area contributed by atoms with Gasteiger partial charge < -0.3 is 10.1 Å². The van der Waals surface area contributed by atoms with Crippen molar-refractivity contribution in [2.24, 2.45) is 0 Å². The Hall–Kier alpha value is -2.54. The minimum atomic E-state index is -3.79. The van der Waals surface area contributed by atoms with Gasteiger partial charge in [-0.25, -0.2) is 8.42 Å². The van der Waals surface area contributed by atoms with Gasteiger partial charge >= 0.3 is 0 Å². The highest BCUT2D eigenvalue weighted by atomic mass is 32.2. The Morgan fingerprint density at radius 1 is 1.08 bits per heavy atom. The molecular weight excluding hydrogens is 328 g/mol. The van der Waals surface area contributed by atoms with E-state index in [0.29, 0.717) is 11.4 Å². The van der Waals surface area contributed by atoms with Crippen LogP contribution in [0.1, 0.15) is 19.4 Å². The van der Waals surface area contributed by atoms with Crippen LogP contribution in [-0.4, -0.2) is 21.4 Å². The fourth-order valence-electron chi connectivity index (χ4n) is 2.19. The number of methoxy groups -OCH3 is 1. The van der Waals surface area contributed by atoms with E-state index >= 15 is 0 Å². The zero-order valence-electron chi connectivity index (χ0n) is 13.8. The number of rotatable bonds is 6. The Bertz CT molecular complexity index is 830. The number of amides is 1. The van der Waals surface area contributed by atoms with Crippen molar-refractivity contribution in [1.29, 1.82) is 0 Å². The fraction of sp³-hybridized carbons (Fsp3) is 0.235. The van der Waals surface area contributed by atoms with Crippen molar-refractivity contribution in [3.05, 3.63) is 48.0 Å². The van der Waals surface area contributed by atoms with E-state index in [0.717, 1.165) is 12.0 Å². The van der Waals surface area contributed by atoms with Gasteiger partial charge in [0.05, 0.1) is 7.11 Å². The highest BCUT2D eigenvalue weighted by molar-refractivity contribution is 7.92. The summed E-state index contributed by atoms with van der Waals surface area (Å²) in [5, 5.41) is 2.62. The van der Waals surface area contributed by atoms with Crippen molar-refractivity contribution in [3.8, 4) is 5.75 Å². The SMILES string of the molecule is CCc1ccc(OC)c(S(=O)(=O)Nc2ccc(NC(C)=O)cc2)c1. The number of hydrogen-bond donors (Lipinski definition) is 2. The van der Waals surface area contributed by atoms with Crippen molar-refractivity contribution in [3.63, 3.8) is 0 Å². The van der Waals surface area contributed by atoms with Crippen LogP contribution in [0.2, 0.25) is 0 Å². The molecule has 2 aromatic carbocycles. The van der Waals surface area contributed by atoms with Gasteiger partial charge in [0.2, 0.25) is 5.91 Å². The van der Waals surface area contributed by atoms with Crippen LogP contribution >= 0.6 is 0 Å². The Labute approximate surface area is 141 Å². The first kappa shape index (κ1) is 17.8. The highest BCUT2D eigenvalue weighted by Crippen LogP contribution is 2.27. The molecule has 0 spiro atoms. The Morgan fingerprint density at radius 3 is 2.25 bits per heavy atom. The molecular formula is C17H20N2O4S. The van der Waals surface area contributed by atoms with Crippen LogP contribution in [0.3, 0.4) is 0 Å². The highest BCUT2D eigenvalue weighted by Gasteiger charge is 2.20. The largest absolute Gasteiger partial charge is 0.495 e. The van der Waals surface area contributed by atoms with Crippen LogP contribution in [0.4, 0.5) is 11.4 Å². The first-order valence-electron chi connectivity index (χ1n) is 7.43. The molecule has 0 saturated carbocycles. The van der Waals surface area contributed by atoms with E-state index < -0.39 is 10.0 Å². The summed E-state index contributed by atoms with van der Waals surface area (Å²) in [5.41, 5.74) is 1.89. The molecule has 0 saturated heterocycles. The van der Waals surface area contributed by atoms with Gasteiger partial charge in [-0.15, -0.1) is 0 Å². The zero-order valence-corrected chi connectivity index (χ0v) is 14.6. The van der Waals surface area contributed by atoms with E-state index in [-0.39, 0.29) is 16.6 Å². The van der Waals surface area contributed by atoms with E-state index in [1.54, 1.807) is 36.4 Å². The van der Waals surface area contributed by atoms with Gasteiger partial charge in [0.25, 0.3) is 10.0 Å². The average molecular weight is 348 g/mol. The molecule has 0 unspecified atom stereocenters. The van der Waals surface area contributed by atoms with Crippen molar-refractivity contribution in [1.82, 2.24) is 0 Å². The molecule has 0 radical (unpaired) electrons. The number of carbonyl (C=O) groups is 1. The second-order valence-corrected chi connectivity index (χ2v) is 6.85. The first-order valence-corrected chi connectivity index (χ1v) is 8.91. The summed E-state index contributed by atoms with van der Waals surface area (Å²) in [5.74, 6) is 0.0963. The Balaban J connectivity index is 2.29. The summed E-state index contributed by atoms with van der Waals surface area (Å²) in [6.45, 7) is 3.36. The molecule has 2 N–H and O–H groups in total. The predicted octanol–water partition coefficient (Wildman–Crippen LogP) is 3.02. The van der Waals surface area contributed by atoms with Gasteiger partial charge in [-0.1, -0.05) is 13.0 Å². The van der Waals surface area contributed by atoms with Crippen LogP contribution in [-0.2, 0) is 21.2 Å². The number of nitrogens with one attached hydrogen (secondary N) is 2. The van der Waals surface area contributed by atoms with E-state index in [1.165, 1.54) is 14.0 Å². The molecule has 7 heteroatoms.